The van der Waals surface area contributed by atoms with Crippen molar-refractivity contribution in [3.8, 4) is 0 Å². The fourth-order valence-electron chi connectivity index (χ4n) is 2.32. The standard InChI is InChI=1S/C12H15Cl2N/c1-7-2-3-8-9(13)4-5-10(14)12(8)11(15)6-7/h4-5,7,11H,2-3,6,15H2,1H3. The molecule has 1 aromatic carbocycles. The monoisotopic (exact) mass is 243 g/mol. The Balaban J connectivity index is 2.52. The van der Waals surface area contributed by atoms with Crippen LogP contribution in [0.4, 0.5) is 0 Å². The quantitative estimate of drug-likeness (QED) is 0.686. The Morgan fingerprint density at radius 1 is 1.27 bits per heavy atom. The minimum atomic E-state index is 0.0312. The van der Waals surface area contributed by atoms with Crippen molar-refractivity contribution in [1.82, 2.24) is 0 Å². The molecule has 15 heavy (non-hydrogen) atoms. The molecule has 1 aliphatic rings. The molecular formula is C12H15Cl2N. The highest BCUT2D eigenvalue weighted by Crippen LogP contribution is 2.37. The Kier molecular flexibility index (Phi) is 3.24. The highest BCUT2D eigenvalue weighted by Gasteiger charge is 2.23. The van der Waals surface area contributed by atoms with Crippen LogP contribution in [0.25, 0.3) is 0 Å². The zero-order valence-electron chi connectivity index (χ0n) is 8.76. The van der Waals surface area contributed by atoms with E-state index in [2.05, 4.69) is 6.92 Å². The summed E-state index contributed by atoms with van der Waals surface area (Å²) >= 11 is 12.4. The first-order chi connectivity index (χ1) is 7.09. The van der Waals surface area contributed by atoms with E-state index in [-0.39, 0.29) is 6.04 Å². The van der Waals surface area contributed by atoms with Gasteiger partial charge in [0.25, 0.3) is 0 Å². The van der Waals surface area contributed by atoms with E-state index in [1.165, 1.54) is 0 Å². The van der Waals surface area contributed by atoms with Gasteiger partial charge in [-0.1, -0.05) is 30.1 Å². The summed E-state index contributed by atoms with van der Waals surface area (Å²) < 4.78 is 0. The van der Waals surface area contributed by atoms with Crippen LogP contribution in [-0.4, -0.2) is 0 Å². The maximum Gasteiger partial charge on any atom is 0.0457 e. The van der Waals surface area contributed by atoms with Crippen LogP contribution in [0.1, 0.15) is 36.9 Å². The molecule has 0 aliphatic heterocycles. The lowest BCUT2D eigenvalue weighted by Crippen LogP contribution is -2.13. The second-order valence-electron chi connectivity index (χ2n) is 4.41. The predicted octanol–water partition coefficient (Wildman–Crippen LogP) is 3.97. The zero-order valence-corrected chi connectivity index (χ0v) is 10.3. The Morgan fingerprint density at radius 3 is 2.67 bits per heavy atom. The van der Waals surface area contributed by atoms with E-state index < -0.39 is 0 Å². The van der Waals surface area contributed by atoms with E-state index in [1.807, 2.05) is 12.1 Å². The van der Waals surface area contributed by atoms with Crippen LogP contribution < -0.4 is 5.73 Å². The molecule has 82 valence electrons. The number of benzene rings is 1. The van der Waals surface area contributed by atoms with Crippen molar-refractivity contribution in [3.05, 3.63) is 33.3 Å². The Hall–Kier alpha value is -0.240. The fraction of sp³-hybridized carbons (Fsp3) is 0.500. The SMILES string of the molecule is CC1CCc2c(Cl)ccc(Cl)c2C(N)C1. The molecule has 0 bridgehead atoms. The van der Waals surface area contributed by atoms with Crippen molar-refractivity contribution in [2.45, 2.75) is 32.2 Å². The Bertz CT molecular complexity index is 376. The molecule has 2 rings (SSSR count). The number of fused-ring (bicyclic) bond motifs is 1. The Labute approximate surface area is 101 Å². The molecule has 1 aliphatic carbocycles. The highest BCUT2D eigenvalue weighted by molar-refractivity contribution is 6.34. The predicted molar refractivity (Wildman–Crippen MR) is 65.5 cm³/mol. The van der Waals surface area contributed by atoms with E-state index in [0.717, 1.165) is 40.4 Å². The van der Waals surface area contributed by atoms with Gasteiger partial charge in [0, 0.05) is 16.1 Å². The van der Waals surface area contributed by atoms with Gasteiger partial charge in [0.05, 0.1) is 0 Å². The van der Waals surface area contributed by atoms with Crippen LogP contribution in [0.5, 0.6) is 0 Å². The van der Waals surface area contributed by atoms with Gasteiger partial charge >= 0.3 is 0 Å². The summed E-state index contributed by atoms with van der Waals surface area (Å²) in [6.07, 6.45) is 3.12. The van der Waals surface area contributed by atoms with Crippen molar-refractivity contribution in [3.63, 3.8) is 0 Å². The van der Waals surface area contributed by atoms with Gasteiger partial charge in [-0.15, -0.1) is 0 Å². The molecule has 0 heterocycles. The molecule has 2 N–H and O–H groups in total. The normalized spacial score (nSPS) is 25.9. The molecule has 1 nitrogen and oxygen atoms in total. The summed E-state index contributed by atoms with van der Waals surface area (Å²) in [6.45, 7) is 2.23. The van der Waals surface area contributed by atoms with E-state index in [1.54, 1.807) is 0 Å². The highest BCUT2D eigenvalue weighted by atomic mass is 35.5. The first kappa shape index (κ1) is 11.3. The molecular weight excluding hydrogens is 229 g/mol. The Morgan fingerprint density at radius 2 is 1.93 bits per heavy atom. The third-order valence-corrected chi connectivity index (χ3v) is 3.84. The summed E-state index contributed by atoms with van der Waals surface area (Å²) in [4.78, 5) is 0. The lowest BCUT2D eigenvalue weighted by molar-refractivity contribution is 0.464. The number of nitrogens with two attached hydrogens (primary N) is 1. The maximum absolute atomic E-state index is 6.19. The van der Waals surface area contributed by atoms with Crippen LogP contribution in [-0.2, 0) is 6.42 Å². The van der Waals surface area contributed by atoms with Crippen LogP contribution in [0.15, 0.2) is 12.1 Å². The minimum Gasteiger partial charge on any atom is -0.324 e. The minimum absolute atomic E-state index is 0.0312. The van der Waals surface area contributed by atoms with Crippen LogP contribution in [0.2, 0.25) is 10.0 Å². The zero-order chi connectivity index (χ0) is 11.0. The van der Waals surface area contributed by atoms with Gasteiger partial charge in [0.15, 0.2) is 0 Å². The summed E-state index contributed by atoms with van der Waals surface area (Å²) in [7, 11) is 0. The molecule has 3 heteroatoms. The van der Waals surface area contributed by atoms with E-state index >= 15 is 0 Å². The van der Waals surface area contributed by atoms with Crippen molar-refractivity contribution in [1.29, 1.82) is 0 Å². The average Bonchev–Trinajstić information content (AvgIpc) is 2.32. The molecule has 2 unspecified atom stereocenters. The van der Waals surface area contributed by atoms with E-state index in [9.17, 15) is 0 Å². The summed E-state index contributed by atoms with van der Waals surface area (Å²) in [5.41, 5.74) is 8.38. The van der Waals surface area contributed by atoms with Crippen molar-refractivity contribution in [2.75, 3.05) is 0 Å². The first-order valence-corrected chi connectivity index (χ1v) is 6.07. The number of hydrogen-bond donors (Lipinski definition) is 1. The third-order valence-electron chi connectivity index (χ3n) is 3.16. The molecule has 0 fully saturated rings. The first-order valence-electron chi connectivity index (χ1n) is 5.32. The largest absolute Gasteiger partial charge is 0.324 e. The van der Waals surface area contributed by atoms with Crippen LogP contribution >= 0.6 is 23.2 Å². The molecule has 0 saturated carbocycles. The third kappa shape index (κ3) is 2.15. The van der Waals surface area contributed by atoms with Gasteiger partial charge in [0.1, 0.15) is 0 Å². The van der Waals surface area contributed by atoms with Crippen LogP contribution in [0.3, 0.4) is 0 Å². The summed E-state index contributed by atoms with van der Waals surface area (Å²) in [5, 5.41) is 1.56. The van der Waals surface area contributed by atoms with Gasteiger partial charge in [-0.05, 0) is 48.4 Å². The lowest BCUT2D eigenvalue weighted by Gasteiger charge is -2.16. The molecule has 0 amide bonds. The number of halogens is 2. The van der Waals surface area contributed by atoms with Crippen LogP contribution in [0, 0.1) is 5.92 Å². The second-order valence-corrected chi connectivity index (χ2v) is 5.22. The lowest BCUT2D eigenvalue weighted by atomic mass is 9.98. The van der Waals surface area contributed by atoms with Gasteiger partial charge in [-0.25, -0.2) is 0 Å². The van der Waals surface area contributed by atoms with E-state index in [4.69, 9.17) is 28.9 Å². The summed E-state index contributed by atoms with van der Waals surface area (Å²) in [5.74, 6) is 0.638. The maximum atomic E-state index is 6.19. The molecule has 2 atom stereocenters. The molecule has 0 saturated heterocycles. The van der Waals surface area contributed by atoms with Gasteiger partial charge in [-0.3, -0.25) is 0 Å². The van der Waals surface area contributed by atoms with Gasteiger partial charge < -0.3 is 5.73 Å². The molecule has 1 aromatic rings. The van der Waals surface area contributed by atoms with Crippen molar-refractivity contribution < 1.29 is 0 Å². The molecule has 0 aromatic heterocycles. The smallest absolute Gasteiger partial charge is 0.0457 e. The van der Waals surface area contributed by atoms with Gasteiger partial charge in [-0.2, -0.15) is 0 Å². The number of rotatable bonds is 0. The van der Waals surface area contributed by atoms with Crippen molar-refractivity contribution in [2.24, 2.45) is 11.7 Å². The second kappa shape index (κ2) is 4.32. The fourth-order valence-corrected chi connectivity index (χ4v) is 2.90. The van der Waals surface area contributed by atoms with Gasteiger partial charge in [0.2, 0.25) is 0 Å². The molecule has 0 spiro atoms. The van der Waals surface area contributed by atoms with E-state index in [0.29, 0.717) is 5.92 Å². The van der Waals surface area contributed by atoms with Crippen molar-refractivity contribution >= 4 is 23.2 Å². The topological polar surface area (TPSA) is 26.0 Å². The number of hydrogen-bond acceptors (Lipinski definition) is 1. The average molecular weight is 244 g/mol. The summed E-state index contributed by atoms with van der Waals surface area (Å²) in [6, 6.07) is 3.74. The molecule has 0 radical (unpaired) electrons.